The molecule has 0 fully saturated rings. The van der Waals surface area contributed by atoms with Crippen LogP contribution < -0.4 is 5.32 Å². The third-order valence-corrected chi connectivity index (χ3v) is 3.99. The Labute approximate surface area is 156 Å². The normalized spacial score (nSPS) is 14.3. The first-order chi connectivity index (χ1) is 13.6. The molecule has 10 heteroatoms. The van der Waals surface area contributed by atoms with Crippen LogP contribution in [0.1, 0.15) is 17.7 Å². The molecule has 2 aromatic rings. The van der Waals surface area contributed by atoms with E-state index in [0.717, 1.165) is 0 Å². The van der Waals surface area contributed by atoms with E-state index in [1.54, 1.807) is 12.1 Å². The van der Waals surface area contributed by atoms with Crippen LogP contribution in [0.3, 0.4) is 0 Å². The quantitative estimate of drug-likeness (QED) is 0.169. The number of halogens is 4. The number of azide groups is 1. The predicted octanol–water partition coefficient (Wildman–Crippen LogP) is 5.08. The van der Waals surface area contributed by atoms with Crippen molar-refractivity contribution in [2.24, 2.45) is 10.1 Å². The summed E-state index contributed by atoms with van der Waals surface area (Å²) in [7, 11) is 0. The van der Waals surface area contributed by atoms with Gasteiger partial charge in [0.05, 0.1) is 11.3 Å². The van der Waals surface area contributed by atoms with Crippen molar-refractivity contribution in [1.82, 2.24) is 4.98 Å². The first kappa shape index (κ1) is 19.2. The smallest absolute Gasteiger partial charge is 0.185 e. The summed E-state index contributed by atoms with van der Waals surface area (Å²) in [6.07, 6.45) is 6.17. The van der Waals surface area contributed by atoms with Gasteiger partial charge >= 0.3 is 0 Å². The molecule has 2 N–H and O–H groups in total. The Bertz CT molecular complexity index is 974. The molecule has 2 heterocycles. The number of aromatic amines is 1. The summed E-state index contributed by atoms with van der Waals surface area (Å²) in [4.78, 5) is 9.32. The van der Waals surface area contributed by atoms with Crippen molar-refractivity contribution < 1.29 is 17.6 Å². The van der Waals surface area contributed by atoms with Crippen molar-refractivity contribution in [3.05, 3.63) is 81.1 Å². The fraction of sp³-hybridized carbons (Fsp3) is 0.167. The van der Waals surface area contributed by atoms with E-state index in [-0.39, 0.29) is 36.5 Å². The molecule has 0 bridgehead atoms. The number of rotatable bonds is 7. The number of hydrogen-bond donors (Lipinski definition) is 2. The van der Waals surface area contributed by atoms with Gasteiger partial charge in [-0.2, -0.15) is 0 Å². The molecule has 1 aromatic carbocycles. The van der Waals surface area contributed by atoms with Crippen molar-refractivity contribution in [3.63, 3.8) is 0 Å². The molecule has 28 heavy (non-hydrogen) atoms. The zero-order valence-electron chi connectivity index (χ0n) is 14.4. The number of anilines is 1. The second kappa shape index (κ2) is 8.45. The van der Waals surface area contributed by atoms with Crippen molar-refractivity contribution in [3.8, 4) is 0 Å². The highest BCUT2D eigenvalue weighted by Crippen LogP contribution is 2.37. The minimum absolute atomic E-state index is 0.0390. The molecule has 0 atom stereocenters. The van der Waals surface area contributed by atoms with Crippen molar-refractivity contribution in [2.75, 3.05) is 18.4 Å². The molecule has 1 aromatic heterocycles. The van der Waals surface area contributed by atoms with E-state index in [1.807, 2.05) is 0 Å². The van der Waals surface area contributed by atoms with Crippen LogP contribution in [0.4, 0.5) is 23.2 Å². The lowest BCUT2D eigenvalue weighted by Crippen LogP contribution is -2.13. The molecule has 0 unspecified atom stereocenters. The minimum Gasteiger partial charge on any atom is -0.380 e. The van der Waals surface area contributed by atoms with Crippen LogP contribution in [0.2, 0.25) is 0 Å². The van der Waals surface area contributed by atoms with Gasteiger partial charge < -0.3 is 10.3 Å². The van der Waals surface area contributed by atoms with Gasteiger partial charge in [0.1, 0.15) is 5.69 Å². The van der Waals surface area contributed by atoms with E-state index in [4.69, 9.17) is 5.53 Å². The van der Waals surface area contributed by atoms with Gasteiger partial charge in [0.25, 0.3) is 0 Å². The van der Waals surface area contributed by atoms with Crippen LogP contribution in [-0.2, 0) is 0 Å². The largest absolute Gasteiger partial charge is 0.380 e. The Morgan fingerprint density at radius 2 is 1.93 bits per heavy atom. The van der Waals surface area contributed by atoms with Crippen LogP contribution in [0.15, 0.2) is 46.3 Å². The number of allylic oxidation sites excluding steroid dienone is 2. The molecular weight excluding hydrogens is 376 g/mol. The number of aliphatic imine (C=N–C) groups is 1. The first-order valence-electron chi connectivity index (χ1n) is 8.26. The van der Waals surface area contributed by atoms with Gasteiger partial charge in [-0.15, -0.1) is 0 Å². The van der Waals surface area contributed by atoms with Crippen molar-refractivity contribution in [2.45, 2.75) is 6.42 Å². The Kier molecular flexibility index (Phi) is 5.81. The number of aromatic nitrogens is 1. The lowest BCUT2D eigenvalue weighted by molar-refractivity contribution is 0.454. The van der Waals surface area contributed by atoms with Gasteiger partial charge in [-0.3, -0.25) is 4.99 Å². The average molecular weight is 390 g/mol. The van der Waals surface area contributed by atoms with Crippen LogP contribution >= 0.6 is 0 Å². The van der Waals surface area contributed by atoms with E-state index in [1.165, 1.54) is 24.6 Å². The first-order valence-corrected chi connectivity index (χ1v) is 8.26. The standard InChI is InChI=1S/C18H14F4N6/c19-14-13(12(10-4-1-6-24-10)11-5-2-7-25-11)15(20)17(22)18(16(14)21)26-8-3-9-27-28-23/h1-2,4-7,24,26H,3,8-9H2. The van der Waals surface area contributed by atoms with Crippen LogP contribution in [0, 0.1) is 23.3 Å². The number of hydrogen-bond acceptors (Lipinski definition) is 3. The molecule has 3 rings (SSSR count). The summed E-state index contributed by atoms with van der Waals surface area (Å²) in [5.41, 5.74) is 6.74. The predicted molar refractivity (Wildman–Crippen MR) is 97.8 cm³/mol. The van der Waals surface area contributed by atoms with Gasteiger partial charge in [0.15, 0.2) is 23.3 Å². The van der Waals surface area contributed by atoms with Crippen LogP contribution in [-0.4, -0.2) is 24.3 Å². The molecule has 1 aliphatic heterocycles. The summed E-state index contributed by atoms with van der Waals surface area (Å²) in [5, 5.41) is 5.58. The summed E-state index contributed by atoms with van der Waals surface area (Å²) in [6.45, 7) is 0.0336. The molecular formula is C18H14F4N6. The third-order valence-electron chi connectivity index (χ3n) is 3.99. The molecule has 0 amide bonds. The summed E-state index contributed by atoms with van der Waals surface area (Å²) in [6, 6.07) is 3.10. The van der Waals surface area contributed by atoms with Crippen LogP contribution in [0.25, 0.3) is 16.0 Å². The van der Waals surface area contributed by atoms with Gasteiger partial charge in [-0.1, -0.05) is 5.11 Å². The number of benzene rings is 1. The molecule has 0 saturated carbocycles. The SMILES string of the molecule is [N-]=[N+]=NCCCNc1c(F)c(F)c(C(=C2C=CC=N2)c2ccc[nH]2)c(F)c1F. The second-order valence-corrected chi connectivity index (χ2v) is 5.72. The number of nitrogens with one attached hydrogen (secondary N) is 2. The summed E-state index contributed by atoms with van der Waals surface area (Å²) < 4.78 is 58.7. The number of H-pyrrole nitrogens is 1. The maximum atomic E-state index is 14.8. The fourth-order valence-corrected chi connectivity index (χ4v) is 2.75. The minimum atomic E-state index is -1.55. The maximum Gasteiger partial charge on any atom is 0.185 e. The van der Waals surface area contributed by atoms with Gasteiger partial charge in [0, 0.05) is 41.7 Å². The second-order valence-electron chi connectivity index (χ2n) is 5.72. The summed E-state index contributed by atoms with van der Waals surface area (Å²) >= 11 is 0. The maximum absolute atomic E-state index is 14.8. The van der Waals surface area contributed by atoms with E-state index in [9.17, 15) is 17.6 Å². The molecule has 144 valence electrons. The highest BCUT2D eigenvalue weighted by Gasteiger charge is 2.29. The molecule has 0 saturated heterocycles. The highest BCUT2D eigenvalue weighted by molar-refractivity contribution is 5.88. The van der Waals surface area contributed by atoms with E-state index < -0.39 is 34.5 Å². The average Bonchev–Trinajstić information content (AvgIpc) is 3.40. The number of nitrogens with zero attached hydrogens (tertiary/aromatic N) is 4. The molecule has 0 radical (unpaired) electrons. The lowest BCUT2D eigenvalue weighted by Gasteiger charge is -2.16. The van der Waals surface area contributed by atoms with E-state index >= 15 is 0 Å². The van der Waals surface area contributed by atoms with Gasteiger partial charge in [0.2, 0.25) is 0 Å². The molecule has 0 spiro atoms. The third kappa shape index (κ3) is 3.63. The topological polar surface area (TPSA) is 88.9 Å². The lowest BCUT2D eigenvalue weighted by atomic mass is 9.98. The molecule has 6 nitrogen and oxygen atoms in total. The van der Waals surface area contributed by atoms with E-state index in [2.05, 4.69) is 25.3 Å². The van der Waals surface area contributed by atoms with Crippen molar-refractivity contribution >= 4 is 17.5 Å². The Morgan fingerprint density at radius 1 is 1.18 bits per heavy atom. The van der Waals surface area contributed by atoms with Gasteiger partial charge in [-0.25, -0.2) is 17.6 Å². The zero-order chi connectivity index (χ0) is 20.1. The van der Waals surface area contributed by atoms with Crippen molar-refractivity contribution in [1.29, 1.82) is 0 Å². The molecule has 0 aliphatic carbocycles. The fourth-order valence-electron chi connectivity index (χ4n) is 2.75. The summed E-state index contributed by atoms with van der Waals surface area (Å²) in [5.74, 6) is -6.17. The molecule has 1 aliphatic rings. The van der Waals surface area contributed by atoms with Gasteiger partial charge in [-0.05, 0) is 36.2 Å². The Hall–Kier alpha value is -3.52. The Morgan fingerprint density at radius 3 is 2.50 bits per heavy atom. The Balaban J connectivity index is 2.07. The highest BCUT2D eigenvalue weighted by atomic mass is 19.2. The monoisotopic (exact) mass is 390 g/mol. The van der Waals surface area contributed by atoms with Crippen LogP contribution in [0.5, 0.6) is 0 Å². The van der Waals surface area contributed by atoms with E-state index in [0.29, 0.717) is 0 Å². The zero-order valence-corrected chi connectivity index (χ0v) is 14.4.